The first-order valence-electron chi connectivity index (χ1n) is 9.91. The number of carbonyl (C=O) groups is 1. The van der Waals surface area contributed by atoms with Gasteiger partial charge in [0.1, 0.15) is 0 Å². The lowest BCUT2D eigenvalue weighted by molar-refractivity contribution is -0.127. The molecule has 0 bridgehead atoms. The lowest BCUT2D eigenvalue weighted by atomic mass is 9.73. The Morgan fingerprint density at radius 2 is 1.90 bits per heavy atom. The second-order valence-electron chi connectivity index (χ2n) is 7.25. The summed E-state index contributed by atoms with van der Waals surface area (Å²) in [4.78, 5) is 14.5. The minimum Gasteiger partial charge on any atom is -0.381 e. The van der Waals surface area contributed by atoms with Gasteiger partial charge in [0.2, 0.25) is 5.91 Å². The van der Waals surface area contributed by atoms with Crippen molar-refractivity contribution in [3.05, 3.63) is 66.4 Å². The van der Waals surface area contributed by atoms with E-state index in [1.54, 1.807) is 11.8 Å². The van der Waals surface area contributed by atoms with Crippen molar-refractivity contribution >= 4 is 17.7 Å². The molecular weight excluding hydrogens is 382 g/mol. The second-order valence-corrected chi connectivity index (χ2v) is 8.39. The first kappa shape index (κ1) is 19.7. The third-order valence-corrected chi connectivity index (χ3v) is 6.60. The molecule has 2 aromatic carbocycles. The summed E-state index contributed by atoms with van der Waals surface area (Å²) in [5.41, 5.74) is 8.44. The Hall–Kier alpha value is -2.57. The normalized spacial score (nSPS) is 15.9. The van der Waals surface area contributed by atoms with Crippen LogP contribution in [0.25, 0.3) is 11.3 Å². The summed E-state index contributed by atoms with van der Waals surface area (Å²) in [5.74, 6) is -0.264. The summed E-state index contributed by atoms with van der Waals surface area (Å²) < 4.78 is 7.45. The number of amides is 1. The second kappa shape index (κ2) is 8.43. The van der Waals surface area contributed by atoms with Gasteiger partial charge < -0.3 is 10.5 Å². The van der Waals surface area contributed by atoms with Gasteiger partial charge in [0.25, 0.3) is 0 Å². The maximum absolute atomic E-state index is 12.3. The van der Waals surface area contributed by atoms with Gasteiger partial charge in [0.05, 0.1) is 11.1 Å². The van der Waals surface area contributed by atoms with E-state index >= 15 is 0 Å². The number of aryl methyl sites for hydroxylation is 1. The maximum atomic E-state index is 12.3. The van der Waals surface area contributed by atoms with Crippen molar-refractivity contribution in [2.45, 2.75) is 41.5 Å². The number of primary amides is 1. The zero-order valence-corrected chi connectivity index (χ0v) is 17.3. The van der Waals surface area contributed by atoms with Crippen molar-refractivity contribution in [1.29, 1.82) is 0 Å². The van der Waals surface area contributed by atoms with Crippen LogP contribution >= 0.6 is 11.8 Å². The van der Waals surface area contributed by atoms with E-state index in [9.17, 15) is 4.79 Å². The van der Waals surface area contributed by atoms with Gasteiger partial charge in [-0.15, -0.1) is 0 Å². The van der Waals surface area contributed by atoms with E-state index in [4.69, 9.17) is 10.5 Å². The molecule has 0 spiro atoms. The third kappa shape index (κ3) is 3.95. The zero-order chi connectivity index (χ0) is 20.3. The van der Waals surface area contributed by atoms with Crippen molar-refractivity contribution in [3.8, 4) is 11.3 Å². The number of carbonyl (C=O) groups excluding carboxylic acids is 1. The fourth-order valence-electron chi connectivity index (χ4n) is 3.91. The number of benzene rings is 2. The van der Waals surface area contributed by atoms with Gasteiger partial charge >= 0.3 is 0 Å². The first-order valence-corrected chi connectivity index (χ1v) is 10.7. The monoisotopic (exact) mass is 407 g/mol. The minimum atomic E-state index is -0.628. The maximum Gasteiger partial charge on any atom is 0.228 e. The van der Waals surface area contributed by atoms with Crippen LogP contribution in [0.2, 0.25) is 0 Å². The van der Waals surface area contributed by atoms with E-state index in [1.807, 2.05) is 29.1 Å². The summed E-state index contributed by atoms with van der Waals surface area (Å²) in [6, 6.07) is 18.7. The van der Waals surface area contributed by atoms with Crippen molar-refractivity contribution in [3.63, 3.8) is 0 Å². The fraction of sp³-hybridized carbons (Fsp3) is 0.304. The summed E-state index contributed by atoms with van der Waals surface area (Å²) in [6.07, 6.45) is 3.10. The van der Waals surface area contributed by atoms with E-state index < -0.39 is 5.41 Å². The molecule has 1 aliphatic rings. The fourth-order valence-corrected chi connectivity index (χ4v) is 4.79. The van der Waals surface area contributed by atoms with Crippen molar-refractivity contribution in [2.24, 2.45) is 5.73 Å². The van der Waals surface area contributed by atoms with Crippen LogP contribution in [0, 0.1) is 0 Å². The molecule has 1 fully saturated rings. The van der Waals surface area contributed by atoms with Gasteiger partial charge in [-0.3, -0.25) is 9.48 Å². The largest absolute Gasteiger partial charge is 0.381 e. The lowest BCUT2D eigenvalue weighted by Crippen LogP contribution is -2.45. The highest BCUT2D eigenvalue weighted by molar-refractivity contribution is 7.99. The highest BCUT2D eigenvalue weighted by Crippen LogP contribution is 2.38. The average Bonchev–Trinajstić information content (AvgIpc) is 3.24. The Morgan fingerprint density at radius 3 is 2.59 bits per heavy atom. The van der Waals surface area contributed by atoms with Gasteiger partial charge in [-0.05, 0) is 61.2 Å². The summed E-state index contributed by atoms with van der Waals surface area (Å²) >= 11 is 1.69. The number of ether oxygens (including phenoxy) is 1. The molecule has 0 unspecified atom stereocenters. The molecule has 1 aliphatic heterocycles. The van der Waals surface area contributed by atoms with Crippen molar-refractivity contribution in [2.75, 3.05) is 13.2 Å². The summed E-state index contributed by atoms with van der Waals surface area (Å²) in [7, 11) is 0. The average molecular weight is 408 g/mol. The Balaban J connectivity index is 1.56. The Morgan fingerprint density at radius 1 is 1.14 bits per heavy atom. The highest BCUT2D eigenvalue weighted by atomic mass is 32.2. The minimum absolute atomic E-state index is 0.264. The van der Waals surface area contributed by atoms with Gasteiger partial charge in [-0.1, -0.05) is 36.0 Å². The van der Waals surface area contributed by atoms with Crippen LogP contribution in [0.1, 0.15) is 25.3 Å². The standard InChI is InChI=1S/C23H25N3O2S/c1-2-26-21(10-13-25-26)17-6-8-19(9-7-17)29-20-5-3-4-18(16-20)23(22(24)27)11-14-28-15-12-23/h3-10,13,16H,2,11-12,14-15H2,1H3,(H2,24,27). The Bertz CT molecular complexity index is 991. The molecule has 2 heterocycles. The molecule has 0 atom stereocenters. The van der Waals surface area contributed by atoms with Crippen molar-refractivity contribution < 1.29 is 9.53 Å². The number of nitrogens with two attached hydrogens (primary N) is 1. The molecular formula is C23H25N3O2S. The Labute approximate surface area is 175 Å². The van der Waals surface area contributed by atoms with Crippen molar-refractivity contribution in [1.82, 2.24) is 9.78 Å². The number of hydrogen-bond donors (Lipinski definition) is 1. The molecule has 1 aromatic heterocycles. The molecule has 1 amide bonds. The van der Waals surface area contributed by atoms with Gasteiger partial charge in [-0.25, -0.2) is 0 Å². The first-order chi connectivity index (χ1) is 14.1. The van der Waals surface area contributed by atoms with Crippen LogP contribution in [-0.4, -0.2) is 28.9 Å². The number of hydrogen-bond acceptors (Lipinski definition) is 4. The van der Waals surface area contributed by atoms with E-state index in [2.05, 4.69) is 48.4 Å². The van der Waals surface area contributed by atoms with Crippen LogP contribution in [0.15, 0.2) is 70.6 Å². The third-order valence-electron chi connectivity index (χ3n) is 5.61. The van der Waals surface area contributed by atoms with Crippen LogP contribution < -0.4 is 5.73 Å². The molecule has 0 radical (unpaired) electrons. The molecule has 3 aromatic rings. The van der Waals surface area contributed by atoms with Crippen LogP contribution in [-0.2, 0) is 21.5 Å². The quantitative estimate of drug-likeness (QED) is 0.663. The van der Waals surface area contributed by atoms with Crippen LogP contribution in [0.3, 0.4) is 0 Å². The van der Waals surface area contributed by atoms with Gasteiger partial charge in [0, 0.05) is 35.7 Å². The number of nitrogens with zero attached hydrogens (tertiary/aromatic N) is 2. The molecule has 0 aliphatic carbocycles. The van der Waals surface area contributed by atoms with Crippen LogP contribution in [0.5, 0.6) is 0 Å². The number of rotatable bonds is 6. The van der Waals surface area contributed by atoms with E-state index in [0.717, 1.165) is 33.2 Å². The molecule has 0 saturated carbocycles. The van der Waals surface area contributed by atoms with E-state index in [-0.39, 0.29) is 5.91 Å². The zero-order valence-electron chi connectivity index (χ0n) is 16.5. The summed E-state index contributed by atoms with van der Waals surface area (Å²) in [5, 5.41) is 4.34. The summed E-state index contributed by atoms with van der Waals surface area (Å²) in [6.45, 7) is 4.06. The lowest BCUT2D eigenvalue weighted by Gasteiger charge is -2.34. The SMILES string of the molecule is CCn1nccc1-c1ccc(Sc2cccc(C3(C(N)=O)CCOCC3)c2)cc1. The molecule has 5 nitrogen and oxygen atoms in total. The highest BCUT2D eigenvalue weighted by Gasteiger charge is 2.40. The molecule has 150 valence electrons. The predicted molar refractivity (Wildman–Crippen MR) is 115 cm³/mol. The van der Waals surface area contributed by atoms with E-state index in [0.29, 0.717) is 26.1 Å². The molecule has 4 rings (SSSR count). The Kier molecular flexibility index (Phi) is 5.74. The molecule has 1 saturated heterocycles. The molecule has 2 N–H and O–H groups in total. The molecule has 6 heteroatoms. The van der Waals surface area contributed by atoms with Gasteiger partial charge in [-0.2, -0.15) is 5.10 Å². The van der Waals surface area contributed by atoms with Crippen LogP contribution in [0.4, 0.5) is 0 Å². The predicted octanol–water partition coefficient (Wildman–Crippen LogP) is 4.25. The topological polar surface area (TPSA) is 70.1 Å². The van der Waals surface area contributed by atoms with E-state index in [1.165, 1.54) is 0 Å². The molecule has 29 heavy (non-hydrogen) atoms. The smallest absolute Gasteiger partial charge is 0.228 e. The van der Waals surface area contributed by atoms with Gasteiger partial charge in [0.15, 0.2) is 0 Å². The number of aromatic nitrogens is 2.